The predicted molar refractivity (Wildman–Crippen MR) is 90.2 cm³/mol. The lowest BCUT2D eigenvalue weighted by Gasteiger charge is -2.14. The summed E-state index contributed by atoms with van der Waals surface area (Å²) in [6.07, 6.45) is 0.531. The van der Waals surface area contributed by atoms with Crippen LogP contribution in [0.1, 0.15) is 15.9 Å². The van der Waals surface area contributed by atoms with E-state index >= 15 is 0 Å². The van der Waals surface area contributed by atoms with E-state index in [0.29, 0.717) is 35.8 Å². The van der Waals surface area contributed by atoms with Crippen molar-refractivity contribution in [2.45, 2.75) is 6.42 Å². The van der Waals surface area contributed by atoms with Gasteiger partial charge in [-0.15, -0.1) is 0 Å². The zero-order valence-electron chi connectivity index (χ0n) is 14.0. The SMILES string of the molecule is COc1cc(C(=O)NCCc2ccccc2O)cc(OC)c1OC. The molecule has 2 aromatic rings. The second kappa shape index (κ2) is 8.10. The predicted octanol–water partition coefficient (Wildman–Crippen LogP) is 2.39. The van der Waals surface area contributed by atoms with Crippen LogP contribution in [0.5, 0.6) is 23.0 Å². The van der Waals surface area contributed by atoms with Gasteiger partial charge in [0.2, 0.25) is 5.75 Å². The van der Waals surface area contributed by atoms with E-state index in [4.69, 9.17) is 14.2 Å². The topological polar surface area (TPSA) is 77.0 Å². The fraction of sp³-hybridized carbons (Fsp3) is 0.278. The molecule has 0 aliphatic rings. The molecule has 2 aromatic carbocycles. The summed E-state index contributed by atoms with van der Waals surface area (Å²) in [5.74, 6) is 1.24. The Hall–Kier alpha value is -2.89. The summed E-state index contributed by atoms with van der Waals surface area (Å²) in [6, 6.07) is 10.2. The van der Waals surface area contributed by atoms with Crippen molar-refractivity contribution in [3.63, 3.8) is 0 Å². The maximum atomic E-state index is 12.3. The number of hydrogen-bond acceptors (Lipinski definition) is 5. The molecule has 0 heterocycles. The molecule has 0 aliphatic carbocycles. The summed E-state index contributed by atoms with van der Waals surface area (Å²) in [4.78, 5) is 12.3. The van der Waals surface area contributed by atoms with Crippen LogP contribution >= 0.6 is 0 Å². The van der Waals surface area contributed by atoms with Crippen molar-refractivity contribution in [2.75, 3.05) is 27.9 Å². The molecule has 0 spiro atoms. The number of ether oxygens (including phenoxy) is 3. The highest BCUT2D eigenvalue weighted by Gasteiger charge is 2.16. The van der Waals surface area contributed by atoms with Crippen LogP contribution in [0, 0.1) is 0 Å². The van der Waals surface area contributed by atoms with Crippen LogP contribution in [0.15, 0.2) is 36.4 Å². The number of phenolic OH excluding ortho intramolecular Hbond substituents is 1. The van der Waals surface area contributed by atoms with E-state index in [1.165, 1.54) is 21.3 Å². The molecule has 0 unspecified atom stereocenters. The van der Waals surface area contributed by atoms with E-state index in [9.17, 15) is 9.90 Å². The van der Waals surface area contributed by atoms with Gasteiger partial charge in [-0.25, -0.2) is 0 Å². The molecule has 2 rings (SSSR count). The van der Waals surface area contributed by atoms with Crippen molar-refractivity contribution in [3.8, 4) is 23.0 Å². The minimum absolute atomic E-state index is 0.222. The molecule has 0 atom stereocenters. The quantitative estimate of drug-likeness (QED) is 0.815. The highest BCUT2D eigenvalue weighted by molar-refractivity contribution is 5.95. The molecule has 0 saturated carbocycles. The number of phenols is 1. The normalized spacial score (nSPS) is 10.1. The fourth-order valence-corrected chi connectivity index (χ4v) is 2.35. The number of benzene rings is 2. The molecule has 24 heavy (non-hydrogen) atoms. The lowest BCUT2D eigenvalue weighted by atomic mass is 10.1. The van der Waals surface area contributed by atoms with Crippen molar-refractivity contribution in [3.05, 3.63) is 47.5 Å². The molecule has 0 fully saturated rings. The highest BCUT2D eigenvalue weighted by atomic mass is 16.5. The molecule has 0 radical (unpaired) electrons. The van der Waals surface area contributed by atoms with E-state index in [-0.39, 0.29) is 11.7 Å². The second-order valence-electron chi connectivity index (χ2n) is 5.05. The summed E-state index contributed by atoms with van der Waals surface area (Å²) in [7, 11) is 4.50. The Morgan fingerprint density at radius 1 is 1.04 bits per heavy atom. The average molecular weight is 331 g/mol. The van der Waals surface area contributed by atoms with Gasteiger partial charge in [0.15, 0.2) is 11.5 Å². The minimum Gasteiger partial charge on any atom is -0.508 e. The molecule has 0 aliphatic heterocycles. The van der Waals surface area contributed by atoms with Crippen molar-refractivity contribution in [2.24, 2.45) is 0 Å². The number of carbonyl (C=O) groups is 1. The monoisotopic (exact) mass is 331 g/mol. The molecule has 2 N–H and O–H groups in total. The van der Waals surface area contributed by atoms with Gasteiger partial charge in [0.1, 0.15) is 5.75 Å². The van der Waals surface area contributed by atoms with Crippen LogP contribution in [0.4, 0.5) is 0 Å². The Morgan fingerprint density at radius 2 is 1.67 bits per heavy atom. The van der Waals surface area contributed by atoms with Gasteiger partial charge in [0, 0.05) is 12.1 Å². The molecular weight excluding hydrogens is 310 g/mol. The van der Waals surface area contributed by atoms with Crippen LogP contribution in [-0.4, -0.2) is 38.9 Å². The van der Waals surface area contributed by atoms with Gasteiger partial charge < -0.3 is 24.6 Å². The van der Waals surface area contributed by atoms with Gasteiger partial charge in [-0.3, -0.25) is 4.79 Å². The van der Waals surface area contributed by atoms with Gasteiger partial charge in [-0.05, 0) is 30.2 Å². The van der Waals surface area contributed by atoms with Crippen molar-refractivity contribution < 1.29 is 24.1 Å². The van der Waals surface area contributed by atoms with Gasteiger partial charge >= 0.3 is 0 Å². The Morgan fingerprint density at radius 3 is 2.21 bits per heavy atom. The first-order valence-corrected chi connectivity index (χ1v) is 7.45. The van der Waals surface area contributed by atoms with E-state index in [1.807, 2.05) is 12.1 Å². The standard InChI is InChI=1S/C18H21NO5/c1-22-15-10-13(11-16(23-2)17(15)24-3)18(21)19-9-8-12-6-4-5-7-14(12)20/h4-7,10-11,20H,8-9H2,1-3H3,(H,19,21). The molecule has 1 amide bonds. The number of rotatable bonds is 7. The molecule has 128 valence electrons. The first-order chi connectivity index (χ1) is 11.6. The van der Waals surface area contributed by atoms with Crippen molar-refractivity contribution in [1.29, 1.82) is 0 Å². The maximum absolute atomic E-state index is 12.3. The van der Waals surface area contributed by atoms with E-state index < -0.39 is 0 Å². The van der Waals surface area contributed by atoms with Crippen molar-refractivity contribution >= 4 is 5.91 Å². The summed E-state index contributed by atoms with van der Waals surface area (Å²) in [5, 5.41) is 12.5. The molecule has 0 saturated heterocycles. The Balaban J connectivity index is 2.08. The number of para-hydroxylation sites is 1. The Labute approximate surface area is 141 Å². The number of amides is 1. The van der Waals surface area contributed by atoms with Crippen LogP contribution in [-0.2, 0) is 6.42 Å². The molecule has 0 bridgehead atoms. The third-order valence-corrected chi connectivity index (χ3v) is 3.60. The summed E-state index contributed by atoms with van der Waals surface area (Å²) in [6.45, 7) is 0.396. The van der Waals surface area contributed by atoms with Gasteiger partial charge in [-0.1, -0.05) is 18.2 Å². The third-order valence-electron chi connectivity index (χ3n) is 3.60. The first kappa shape index (κ1) is 17.5. The first-order valence-electron chi connectivity index (χ1n) is 7.45. The number of methoxy groups -OCH3 is 3. The smallest absolute Gasteiger partial charge is 0.251 e. The third kappa shape index (κ3) is 3.90. The largest absolute Gasteiger partial charge is 0.508 e. The van der Waals surface area contributed by atoms with Gasteiger partial charge in [-0.2, -0.15) is 0 Å². The fourth-order valence-electron chi connectivity index (χ4n) is 2.35. The number of hydrogen-bond donors (Lipinski definition) is 2. The molecule has 6 heteroatoms. The van der Waals surface area contributed by atoms with Crippen LogP contribution < -0.4 is 19.5 Å². The minimum atomic E-state index is -0.260. The van der Waals surface area contributed by atoms with Crippen LogP contribution in [0.25, 0.3) is 0 Å². The lowest BCUT2D eigenvalue weighted by molar-refractivity contribution is 0.0953. The molecule has 6 nitrogen and oxygen atoms in total. The highest BCUT2D eigenvalue weighted by Crippen LogP contribution is 2.38. The summed E-state index contributed by atoms with van der Waals surface area (Å²) in [5.41, 5.74) is 1.18. The summed E-state index contributed by atoms with van der Waals surface area (Å²) >= 11 is 0. The van der Waals surface area contributed by atoms with Gasteiger partial charge in [0.25, 0.3) is 5.91 Å². The van der Waals surface area contributed by atoms with E-state index in [2.05, 4.69) is 5.32 Å². The van der Waals surface area contributed by atoms with Crippen molar-refractivity contribution in [1.82, 2.24) is 5.32 Å². The Kier molecular flexibility index (Phi) is 5.89. The zero-order valence-corrected chi connectivity index (χ0v) is 14.0. The van der Waals surface area contributed by atoms with E-state index in [0.717, 1.165) is 5.56 Å². The van der Waals surface area contributed by atoms with E-state index in [1.54, 1.807) is 24.3 Å². The molecule has 0 aromatic heterocycles. The van der Waals surface area contributed by atoms with Crippen LogP contribution in [0.3, 0.4) is 0 Å². The average Bonchev–Trinajstić information content (AvgIpc) is 2.61. The number of aromatic hydroxyl groups is 1. The Bertz CT molecular complexity index is 689. The van der Waals surface area contributed by atoms with Gasteiger partial charge in [0.05, 0.1) is 21.3 Å². The number of nitrogens with one attached hydrogen (secondary N) is 1. The second-order valence-corrected chi connectivity index (χ2v) is 5.05. The molecular formula is C18H21NO5. The summed E-state index contributed by atoms with van der Waals surface area (Å²) < 4.78 is 15.7. The van der Waals surface area contributed by atoms with Crippen LogP contribution in [0.2, 0.25) is 0 Å². The lowest BCUT2D eigenvalue weighted by Crippen LogP contribution is -2.25. The number of carbonyl (C=O) groups excluding carboxylic acids is 1. The zero-order chi connectivity index (χ0) is 17.5. The maximum Gasteiger partial charge on any atom is 0.251 e.